The van der Waals surface area contributed by atoms with Gasteiger partial charge in [-0.1, -0.05) is 42.5 Å². The number of quaternary nitrogens is 1. The highest BCUT2D eigenvalue weighted by Crippen LogP contribution is 2.46. The van der Waals surface area contributed by atoms with Gasteiger partial charge < -0.3 is 26.5 Å². The van der Waals surface area contributed by atoms with Crippen molar-refractivity contribution in [1.82, 2.24) is 4.90 Å². The summed E-state index contributed by atoms with van der Waals surface area (Å²) in [6.07, 6.45) is 4.51. The van der Waals surface area contributed by atoms with Crippen LogP contribution < -0.4 is 12.4 Å². The SMILES string of the molecule is CN(C)CC/C=C(\c1ccc(F)cc1)c1ccc(C#N)cc1C[N+](C)(C)CCCC1(c2ccc(F)cc2)OCc2cc(C#N)ccc21.[Cl-]. The third-order valence-corrected chi connectivity index (χ3v) is 8.95. The molecule has 4 aromatic rings. The molecule has 4 aromatic carbocycles. The monoisotopic (exact) mass is 666 g/mol. The Bertz CT molecular complexity index is 1840. The summed E-state index contributed by atoms with van der Waals surface area (Å²) >= 11 is 0. The molecule has 0 bridgehead atoms. The van der Waals surface area contributed by atoms with Gasteiger partial charge in [-0.15, -0.1) is 0 Å². The van der Waals surface area contributed by atoms with Gasteiger partial charge in [-0.2, -0.15) is 10.5 Å². The van der Waals surface area contributed by atoms with Crippen LogP contribution in [0.3, 0.4) is 0 Å². The topological polar surface area (TPSA) is 60.1 Å². The number of nitrogens with zero attached hydrogens (tertiary/aromatic N) is 4. The van der Waals surface area contributed by atoms with Crippen molar-refractivity contribution < 1.29 is 30.4 Å². The smallest absolute Gasteiger partial charge is 0.123 e. The van der Waals surface area contributed by atoms with Crippen molar-refractivity contribution >= 4 is 5.57 Å². The van der Waals surface area contributed by atoms with E-state index < -0.39 is 5.60 Å². The normalized spacial score (nSPS) is 15.8. The minimum absolute atomic E-state index is 0. The quantitative estimate of drug-likeness (QED) is 0.202. The van der Waals surface area contributed by atoms with Gasteiger partial charge >= 0.3 is 0 Å². The Kier molecular flexibility index (Phi) is 11.9. The maximum Gasteiger partial charge on any atom is 0.123 e. The summed E-state index contributed by atoms with van der Waals surface area (Å²) < 4.78 is 35.1. The van der Waals surface area contributed by atoms with Gasteiger partial charge in [0.2, 0.25) is 0 Å². The summed E-state index contributed by atoms with van der Waals surface area (Å²) in [5.41, 5.74) is 7.37. The van der Waals surface area contributed by atoms with Crippen LogP contribution in [0.4, 0.5) is 8.78 Å². The van der Waals surface area contributed by atoms with Crippen LogP contribution in [0.15, 0.2) is 91.0 Å². The van der Waals surface area contributed by atoms with E-state index in [1.165, 1.54) is 24.3 Å². The van der Waals surface area contributed by atoms with Crippen molar-refractivity contribution in [3.63, 3.8) is 0 Å². The summed E-state index contributed by atoms with van der Waals surface area (Å²) in [6.45, 7) is 2.74. The van der Waals surface area contributed by atoms with Gasteiger partial charge in [0.15, 0.2) is 0 Å². The molecule has 5 nitrogen and oxygen atoms in total. The van der Waals surface area contributed by atoms with Crippen molar-refractivity contribution in [3.8, 4) is 12.1 Å². The van der Waals surface area contributed by atoms with E-state index in [0.717, 1.165) is 64.9 Å². The molecule has 1 aliphatic rings. The lowest BCUT2D eigenvalue weighted by Gasteiger charge is -2.34. The molecule has 248 valence electrons. The lowest BCUT2D eigenvalue weighted by molar-refractivity contribution is -0.903. The molecule has 0 fully saturated rings. The Morgan fingerprint density at radius 3 is 2.17 bits per heavy atom. The summed E-state index contributed by atoms with van der Waals surface area (Å²) in [4.78, 5) is 2.13. The number of hydrogen-bond acceptors (Lipinski definition) is 4. The summed E-state index contributed by atoms with van der Waals surface area (Å²) in [5.74, 6) is -0.581. The fourth-order valence-corrected chi connectivity index (χ4v) is 6.60. The highest BCUT2D eigenvalue weighted by molar-refractivity contribution is 5.81. The molecule has 0 saturated carbocycles. The van der Waals surface area contributed by atoms with E-state index in [9.17, 15) is 19.3 Å². The molecule has 8 heteroatoms. The highest BCUT2D eigenvalue weighted by Gasteiger charge is 2.42. The average molecular weight is 667 g/mol. The minimum Gasteiger partial charge on any atom is -1.00 e. The number of rotatable bonds is 12. The van der Waals surface area contributed by atoms with E-state index in [1.807, 2.05) is 62.6 Å². The van der Waals surface area contributed by atoms with Crippen molar-refractivity contribution in [2.24, 2.45) is 0 Å². The fourth-order valence-electron chi connectivity index (χ4n) is 6.60. The van der Waals surface area contributed by atoms with Gasteiger partial charge in [0, 0.05) is 12.1 Å². The van der Waals surface area contributed by atoms with Crippen LogP contribution in [-0.2, 0) is 23.5 Å². The van der Waals surface area contributed by atoms with Crippen molar-refractivity contribution in [3.05, 3.63) is 147 Å². The van der Waals surface area contributed by atoms with Gasteiger partial charge in [-0.05, 0) is 115 Å². The molecule has 0 saturated heterocycles. The first-order valence-corrected chi connectivity index (χ1v) is 15.9. The predicted octanol–water partition coefficient (Wildman–Crippen LogP) is 4.93. The van der Waals surface area contributed by atoms with E-state index in [1.54, 1.807) is 12.1 Å². The molecule has 0 aliphatic carbocycles. The lowest BCUT2D eigenvalue weighted by atomic mass is 9.81. The molecule has 0 aromatic heterocycles. The molecule has 0 amide bonds. The maximum absolute atomic E-state index is 14.0. The van der Waals surface area contributed by atoms with Crippen molar-refractivity contribution in [2.75, 3.05) is 41.3 Å². The Morgan fingerprint density at radius 1 is 0.896 bits per heavy atom. The third-order valence-electron chi connectivity index (χ3n) is 8.95. The Morgan fingerprint density at radius 2 is 1.52 bits per heavy atom. The molecule has 48 heavy (non-hydrogen) atoms. The molecule has 1 unspecified atom stereocenters. The molecule has 1 aliphatic heterocycles. The van der Waals surface area contributed by atoms with E-state index >= 15 is 0 Å². The van der Waals surface area contributed by atoms with Crippen LogP contribution in [-0.4, -0.2) is 50.7 Å². The van der Waals surface area contributed by atoms with Crippen LogP contribution in [0.5, 0.6) is 0 Å². The second kappa shape index (κ2) is 15.7. The summed E-state index contributed by atoms with van der Waals surface area (Å²) in [6, 6.07) is 29.2. The zero-order valence-corrected chi connectivity index (χ0v) is 28.7. The second-order valence-corrected chi connectivity index (χ2v) is 13.2. The van der Waals surface area contributed by atoms with Crippen LogP contribution in [0, 0.1) is 34.3 Å². The van der Waals surface area contributed by atoms with Crippen molar-refractivity contribution in [2.45, 2.75) is 38.0 Å². The molecular weight excluding hydrogens is 626 g/mol. The molecule has 0 radical (unpaired) electrons. The minimum atomic E-state index is -0.742. The van der Waals surface area contributed by atoms with Gasteiger partial charge in [-0.25, -0.2) is 8.78 Å². The van der Waals surface area contributed by atoms with E-state index in [2.05, 4.69) is 37.2 Å². The molecule has 0 N–H and O–H groups in total. The number of benzene rings is 4. The zero-order valence-electron chi connectivity index (χ0n) is 27.9. The van der Waals surface area contributed by atoms with Crippen LogP contribution in [0.25, 0.3) is 5.57 Å². The number of fused-ring (bicyclic) bond motifs is 1. The number of ether oxygens (including phenoxy) is 1. The maximum atomic E-state index is 14.0. The molecule has 5 rings (SSSR count). The van der Waals surface area contributed by atoms with E-state index in [4.69, 9.17) is 4.74 Å². The standard InChI is InChI=1S/C40H41F2N4O.ClH/c1-45(2)21-5-7-37(31-10-14-35(41)15-11-31)38-18-8-29(25-43)23-32(38)27-46(3,4)22-6-20-40(34-12-16-36(42)17-13-34)39-19-9-30(26-44)24-33(39)28-47-40;/h7-19,23-24H,5-6,20-22,27-28H2,1-4H3;1H/q+1;/p-1/b37-7+;. The summed E-state index contributed by atoms with van der Waals surface area (Å²) in [5, 5.41) is 19.3. The van der Waals surface area contributed by atoms with Crippen LogP contribution >= 0.6 is 0 Å². The Labute approximate surface area is 289 Å². The number of hydrogen-bond donors (Lipinski definition) is 0. The summed E-state index contributed by atoms with van der Waals surface area (Å²) in [7, 11) is 8.45. The van der Waals surface area contributed by atoms with Gasteiger partial charge in [0.25, 0.3) is 0 Å². The number of nitriles is 2. The first kappa shape index (κ1) is 36.5. The first-order valence-electron chi connectivity index (χ1n) is 15.9. The van der Waals surface area contributed by atoms with E-state index in [0.29, 0.717) is 35.2 Å². The Balaban J connectivity index is 0.00000520. The average Bonchev–Trinajstić information content (AvgIpc) is 3.42. The molecule has 1 atom stereocenters. The molecular formula is C40H41ClF2N4O. The van der Waals surface area contributed by atoms with Gasteiger partial charge in [0.05, 0.1) is 50.5 Å². The van der Waals surface area contributed by atoms with Gasteiger partial charge in [0.1, 0.15) is 23.8 Å². The van der Waals surface area contributed by atoms with Crippen LogP contribution in [0.2, 0.25) is 0 Å². The number of halogens is 3. The third kappa shape index (κ3) is 8.37. The van der Waals surface area contributed by atoms with Crippen LogP contribution in [0.1, 0.15) is 63.8 Å². The van der Waals surface area contributed by atoms with Gasteiger partial charge in [-0.3, -0.25) is 0 Å². The largest absolute Gasteiger partial charge is 1.00 e. The zero-order chi connectivity index (χ0) is 33.6. The first-order chi connectivity index (χ1) is 22.5. The predicted molar refractivity (Wildman–Crippen MR) is 181 cm³/mol. The van der Waals surface area contributed by atoms with Crippen molar-refractivity contribution in [1.29, 1.82) is 10.5 Å². The Hall–Kier alpha value is -4.37. The second-order valence-electron chi connectivity index (χ2n) is 13.2. The molecule has 1 heterocycles. The van der Waals surface area contributed by atoms with E-state index in [-0.39, 0.29) is 24.0 Å². The lowest BCUT2D eigenvalue weighted by Crippen LogP contribution is -3.00. The molecule has 0 spiro atoms. The fraction of sp³-hybridized carbons (Fsp3) is 0.300. The highest BCUT2D eigenvalue weighted by atomic mass is 35.5.